The second kappa shape index (κ2) is 13.3. The molecule has 0 aromatic rings. The van der Waals surface area contributed by atoms with E-state index in [-0.39, 0.29) is 0 Å². The molecule has 18 heavy (non-hydrogen) atoms. The minimum absolute atomic E-state index is 0.291. The molecule has 0 fully saturated rings. The molecule has 110 valence electrons. The van der Waals surface area contributed by atoms with Gasteiger partial charge in [0.25, 0.3) is 0 Å². The SMILES string of the molecule is CCCCCCC(CCCCC)CNCC(O)O. The lowest BCUT2D eigenvalue weighted by molar-refractivity contribution is -0.0376. The first kappa shape index (κ1) is 17.9. The van der Waals surface area contributed by atoms with Gasteiger partial charge in [0.15, 0.2) is 6.29 Å². The summed E-state index contributed by atoms with van der Waals surface area (Å²) in [5.41, 5.74) is 0. The molecule has 0 amide bonds. The number of rotatable bonds is 13. The molecule has 3 nitrogen and oxygen atoms in total. The summed E-state index contributed by atoms with van der Waals surface area (Å²) in [5.74, 6) is 0.701. The number of aliphatic hydroxyl groups excluding tert-OH is 1. The zero-order chi connectivity index (χ0) is 13.6. The zero-order valence-electron chi connectivity index (χ0n) is 12.3. The van der Waals surface area contributed by atoms with E-state index in [0.29, 0.717) is 12.5 Å². The molecule has 1 atom stereocenters. The first-order valence-corrected chi connectivity index (χ1v) is 7.77. The van der Waals surface area contributed by atoms with Crippen molar-refractivity contribution in [3.63, 3.8) is 0 Å². The lowest BCUT2D eigenvalue weighted by Crippen LogP contribution is -2.30. The van der Waals surface area contributed by atoms with Crippen LogP contribution >= 0.6 is 0 Å². The van der Waals surface area contributed by atoms with Gasteiger partial charge in [-0.1, -0.05) is 58.8 Å². The van der Waals surface area contributed by atoms with Crippen LogP contribution in [-0.4, -0.2) is 29.6 Å². The molecule has 0 saturated heterocycles. The summed E-state index contributed by atoms with van der Waals surface area (Å²) in [5, 5.41) is 20.8. The highest BCUT2D eigenvalue weighted by Crippen LogP contribution is 2.17. The second-order valence-corrected chi connectivity index (χ2v) is 5.35. The van der Waals surface area contributed by atoms with E-state index in [1.54, 1.807) is 0 Å². The van der Waals surface area contributed by atoms with Crippen LogP contribution in [0.4, 0.5) is 0 Å². The summed E-state index contributed by atoms with van der Waals surface area (Å²) in [4.78, 5) is 0. The van der Waals surface area contributed by atoms with E-state index in [1.807, 2.05) is 0 Å². The predicted octanol–water partition coefficient (Wildman–Crippen LogP) is 3.05. The van der Waals surface area contributed by atoms with E-state index in [0.717, 1.165) is 6.54 Å². The van der Waals surface area contributed by atoms with E-state index >= 15 is 0 Å². The average molecular weight is 259 g/mol. The molecule has 0 aromatic heterocycles. The topological polar surface area (TPSA) is 52.5 Å². The zero-order valence-corrected chi connectivity index (χ0v) is 12.3. The summed E-state index contributed by atoms with van der Waals surface area (Å²) in [7, 11) is 0. The molecule has 0 saturated carbocycles. The van der Waals surface area contributed by atoms with Crippen LogP contribution in [0.5, 0.6) is 0 Å². The summed E-state index contributed by atoms with van der Waals surface area (Å²) in [6.07, 6.45) is 10.5. The van der Waals surface area contributed by atoms with Crippen molar-refractivity contribution in [2.45, 2.75) is 77.9 Å². The lowest BCUT2D eigenvalue weighted by Gasteiger charge is -2.18. The number of hydrogen-bond acceptors (Lipinski definition) is 3. The Morgan fingerprint density at radius 3 is 1.89 bits per heavy atom. The van der Waals surface area contributed by atoms with E-state index in [9.17, 15) is 0 Å². The average Bonchev–Trinajstić information content (AvgIpc) is 2.33. The van der Waals surface area contributed by atoms with E-state index < -0.39 is 6.29 Å². The summed E-state index contributed by atoms with van der Waals surface area (Å²) < 4.78 is 0. The molecular weight excluding hydrogens is 226 g/mol. The van der Waals surface area contributed by atoms with Crippen molar-refractivity contribution in [1.82, 2.24) is 5.32 Å². The summed E-state index contributed by atoms with van der Waals surface area (Å²) >= 11 is 0. The summed E-state index contributed by atoms with van der Waals surface area (Å²) in [6.45, 7) is 5.69. The fourth-order valence-electron chi connectivity index (χ4n) is 2.31. The van der Waals surface area contributed by atoms with Crippen molar-refractivity contribution in [1.29, 1.82) is 0 Å². The second-order valence-electron chi connectivity index (χ2n) is 5.35. The first-order chi connectivity index (χ1) is 8.70. The minimum atomic E-state index is -1.22. The van der Waals surface area contributed by atoms with Gasteiger partial charge < -0.3 is 15.5 Å². The highest BCUT2D eigenvalue weighted by atomic mass is 16.5. The van der Waals surface area contributed by atoms with Gasteiger partial charge in [0, 0.05) is 6.54 Å². The highest BCUT2D eigenvalue weighted by Gasteiger charge is 2.08. The molecule has 1 unspecified atom stereocenters. The smallest absolute Gasteiger partial charge is 0.164 e. The Morgan fingerprint density at radius 2 is 1.33 bits per heavy atom. The normalized spacial score (nSPS) is 13.2. The summed E-state index contributed by atoms with van der Waals surface area (Å²) in [6, 6.07) is 0. The number of aliphatic hydroxyl groups is 2. The van der Waals surface area contributed by atoms with Crippen molar-refractivity contribution < 1.29 is 10.2 Å². The van der Waals surface area contributed by atoms with Gasteiger partial charge >= 0.3 is 0 Å². The monoisotopic (exact) mass is 259 g/mol. The van der Waals surface area contributed by atoms with Gasteiger partial charge in [-0.25, -0.2) is 0 Å². The first-order valence-electron chi connectivity index (χ1n) is 7.77. The lowest BCUT2D eigenvalue weighted by atomic mass is 9.94. The molecule has 0 bridgehead atoms. The molecule has 0 aliphatic heterocycles. The van der Waals surface area contributed by atoms with Crippen LogP contribution in [0.15, 0.2) is 0 Å². The maximum Gasteiger partial charge on any atom is 0.164 e. The minimum Gasteiger partial charge on any atom is -0.367 e. The predicted molar refractivity (Wildman–Crippen MR) is 77.5 cm³/mol. The van der Waals surface area contributed by atoms with E-state index in [1.165, 1.54) is 57.8 Å². The van der Waals surface area contributed by atoms with Gasteiger partial charge in [-0.05, 0) is 25.3 Å². The number of nitrogens with one attached hydrogen (secondary N) is 1. The van der Waals surface area contributed by atoms with Gasteiger partial charge in [0.2, 0.25) is 0 Å². The molecule has 3 heteroatoms. The third-order valence-electron chi connectivity index (χ3n) is 3.44. The van der Waals surface area contributed by atoms with Crippen LogP contribution in [0.1, 0.15) is 71.6 Å². The Hall–Kier alpha value is -0.120. The Morgan fingerprint density at radius 1 is 0.778 bits per heavy atom. The molecule has 0 aliphatic rings. The molecule has 0 rings (SSSR count). The largest absolute Gasteiger partial charge is 0.367 e. The number of hydrogen-bond donors (Lipinski definition) is 3. The maximum atomic E-state index is 8.82. The molecule has 0 spiro atoms. The third-order valence-corrected chi connectivity index (χ3v) is 3.44. The van der Waals surface area contributed by atoms with Crippen LogP contribution in [-0.2, 0) is 0 Å². The van der Waals surface area contributed by atoms with Crippen molar-refractivity contribution in [3.8, 4) is 0 Å². The van der Waals surface area contributed by atoms with Crippen LogP contribution in [0.25, 0.3) is 0 Å². The van der Waals surface area contributed by atoms with Gasteiger partial charge in [-0.15, -0.1) is 0 Å². The maximum absolute atomic E-state index is 8.82. The Labute approximate surface area is 113 Å². The van der Waals surface area contributed by atoms with E-state index in [2.05, 4.69) is 19.2 Å². The van der Waals surface area contributed by atoms with Gasteiger partial charge in [-0.3, -0.25) is 0 Å². The van der Waals surface area contributed by atoms with Crippen molar-refractivity contribution in [2.24, 2.45) is 5.92 Å². The molecule has 0 heterocycles. The third kappa shape index (κ3) is 12.3. The molecule has 0 aliphatic carbocycles. The Kier molecular flexibility index (Phi) is 13.2. The van der Waals surface area contributed by atoms with Crippen LogP contribution < -0.4 is 5.32 Å². The highest BCUT2D eigenvalue weighted by molar-refractivity contribution is 4.64. The fraction of sp³-hybridized carbons (Fsp3) is 1.00. The molecule has 0 radical (unpaired) electrons. The fourth-order valence-corrected chi connectivity index (χ4v) is 2.31. The standard InChI is InChI=1S/C15H33NO2/c1-3-5-7-9-11-14(10-8-6-4-2)12-16-13-15(17)18/h14-18H,3-13H2,1-2H3. The van der Waals surface area contributed by atoms with Crippen molar-refractivity contribution in [3.05, 3.63) is 0 Å². The van der Waals surface area contributed by atoms with Crippen LogP contribution in [0.3, 0.4) is 0 Å². The Bertz CT molecular complexity index is 163. The Balaban J connectivity index is 3.69. The van der Waals surface area contributed by atoms with Crippen molar-refractivity contribution in [2.75, 3.05) is 13.1 Å². The van der Waals surface area contributed by atoms with Gasteiger partial charge in [0.05, 0.1) is 0 Å². The van der Waals surface area contributed by atoms with Crippen molar-refractivity contribution >= 4 is 0 Å². The quantitative estimate of drug-likeness (QED) is 0.352. The van der Waals surface area contributed by atoms with Gasteiger partial charge in [-0.2, -0.15) is 0 Å². The molecule has 0 aromatic carbocycles. The number of unbranched alkanes of at least 4 members (excludes halogenated alkanes) is 5. The van der Waals surface area contributed by atoms with Crippen LogP contribution in [0, 0.1) is 5.92 Å². The molecular formula is C15H33NO2. The van der Waals surface area contributed by atoms with Crippen LogP contribution in [0.2, 0.25) is 0 Å². The van der Waals surface area contributed by atoms with E-state index in [4.69, 9.17) is 10.2 Å². The molecule has 3 N–H and O–H groups in total. The van der Waals surface area contributed by atoms with Gasteiger partial charge in [0.1, 0.15) is 0 Å².